The van der Waals surface area contributed by atoms with Crippen LogP contribution in [0.1, 0.15) is 11.1 Å². The summed E-state index contributed by atoms with van der Waals surface area (Å²) in [6, 6.07) is 20.4. The van der Waals surface area contributed by atoms with E-state index in [9.17, 15) is 0 Å². The van der Waals surface area contributed by atoms with Crippen LogP contribution in [0.25, 0.3) is 33.7 Å². The molecule has 0 bridgehead atoms. The fourth-order valence-electron chi connectivity index (χ4n) is 2.72. The van der Waals surface area contributed by atoms with Gasteiger partial charge in [-0.2, -0.15) is 0 Å². The lowest BCUT2D eigenvalue weighted by Crippen LogP contribution is -1.94. The molecule has 0 aliphatic carbocycles. The molecular weight excluding hydrogens is 294 g/mol. The average Bonchev–Trinajstić information content (AvgIpc) is 2.64. The third kappa shape index (κ3) is 2.65. The monoisotopic (exact) mass is 311 g/mol. The molecular formula is C21H17N3. The Hall–Kier alpha value is -3.07. The molecule has 0 unspecified atom stereocenters. The van der Waals surface area contributed by atoms with Gasteiger partial charge in [0.1, 0.15) is 5.69 Å². The summed E-state index contributed by atoms with van der Waals surface area (Å²) >= 11 is 0. The largest absolute Gasteiger partial charge is 0.244 e. The highest BCUT2D eigenvalue weighted by atomic mass is 14.9. The number of pyridine rings is 1. The summed E-state index contributed by atoms with van der Waals surface area (Å²) in [6.45, 7) is 4.24. The van der Waals surface area contributed by atoms with Crippen molar-refractivity contribution in [3.63, 3.8) is 0 Å². The van der Waals surface area contributed by atoms with Gasteiger partial charge in [0.15, 0.2) is 5.82 Å². The number of hydrogen-bond donors (Lipinski definition) is 0. The van der Waals surface area contributed by atoms with E-state index >= 15 is 0 Å². The number of aromatic nitrogens is 3. The Morgan fingerprint density at radius 2 is 1.54 bits per heavy atom. The molecule has 0 spiro atoms. The second-order valence-electron chi connectivity index (χ2n) is 5.96. The number of hydrogen-bond acceptors (Lipinski definition) is 3. The molecule has 4 aromatic rings. The van der Waals surface area contributed by atoms with Crippen LogP contribution in [0.5, 0.6) is 0 Å². The molecule has 0 saturated carbocycles. The van der Waals surface area contributed by atoms with Gasteiger partial charge in [0, 0.05) is 17.1 Å². The van der Waals surface area contributed by atoms with Gasteiger partial charge in [0.05, 0.1) is 11.2 Å². The summed E-state index contributed by atoms with van der Waals surface area (Å²) in [5.74, 6) is 0.652. The third-order valence-corrected chi connectivity index (χ3v) is 4.27. The summed E-state index contributed by atoms with van der Waals surface area (Å²) in [7, 11) is 0. The molecule has 2 heterocycles. The molecule has 0 fully saturated rings. The lowest BCUT2D eigenvalue weighted by atomic mass is 10.0. The minimum Gasteiger partial charge on any atom is -0.244 e. The van der Waals surface area contributed by atoms with Crippen LogP contribution >= 0.6 is 0 Å². The summed E-state index contributed by atoms with van der Waals surface area (Å²) in [6.07, 6.45) is 1.85. The van der Waals surface area contributed by atoms with Crippen molar-refractivity contribution in [1.82, 2.24) is 15.0 Å². The fourth-order valence-corrected chi connectivity index (χ4v) is 2.72. The van der Waals surface area contributed by atoms with Crippen LogP contribution in [0.2, 0.25) is 0 Å². The van der Waals surface area contributed by atoms with Gasteiger partial charge >= 0.3 is 0 Å². The van der Waals surface area contributed by atoms with E-state index in [-0.39, 0.29) is 0 Å². The van der Waals surface area contributed by atoms with Crippen LogP contribution in [0.15, 0.2) is 66.9 Å². The summed E-state index contributed by atoms with van der Waals surface area (Å²) < 4.78 is 0. The highest BCUT2D eigenvalue weighted by molar-refractivity contribution is 5.79. The number of aryl methyl sites for hydroxylation is 2. The fraction of sp³-hybridized carbons (Fsp3) is 0.0952. The molecule has 24 heavy (non-hydrogen) atoms. The van der Waals surface area contributed by atoms with Gasteiger partial charge in [-0.15, -0.1) is 0 Å². The van der Waals surface area contributed by atoms with Crippen LogP contribution in [0.4, 0.5) is 0 Å². The lowest BCUT2D eigenvalue weighted by Gasteiger charge is -2.07. The Bertz CT molecular complexity index is 1040. The molecule has 4 rings (SSSR count). The van der Waals surface area contributed by atoms with Crippen molar-refractivity contribution in [3.05, 3.63) is 78.0 Å². The minimum absolute atomic E-state index is 0.652. The predicted molar refractivity (Wildman–Crippen MR) is 97.7 cm³/mol. The van der Waals surface area contributed by atoms with Crippen molar-refractivity contribution in [1.29, 1.82) is 0 Å². The van der Waals surface area contributed by atoms with E-state index in [4.69, 9.17) is 4.98 Å². The Balaban J connectivity index is 1.79. The summed E-state index contributed by atoms with van der Waals surface area (Å²) in [4.78, 5) is 13.9. The normalized spacial score (nSPS) is 10.9. The van der Waals surface area contributed by atoms with Gasteiger partial charge in [0.25, 0.3) is 0 Å². The van der Waals surface area contributed by atoms with E-state index < -0.39 is 0 Å². The van der Waals surface area contributed by atoms with Crippen molar-refractivity contribution >= 4 is 10.9 Å². The Labute approximate surface area is 141 Å². The maximum absolute atomic E-state index is 4.77. The number of fused-ring (bicyclic) bond motifs is 1. The smallest absolute Gasteiger partial charge is 0.178 e. The van der Waals surface area contributed by atoms with Crippen molar-refractivity contribution in [2.75, 3.05) is 0 Å². The zero-order chi connectivity index (χ0) is 16.5. The number of rotatable bonds is 2. The average molecular weight is 311 g/mol. The van der Waals surface area contributed by atoms with Crippen molar-refractivity contribution in [3.8, 4) is 22.8 Å². The molecule has 3 heteroatoms. The van der Waals surface area contributed by atoms with Crippen LogP contribution < -0.4 is 0 Å². The highest BCUT2D eigenvalue weighted by Gasteiger charge is 2.07. The predicted octanol–water partition coefficient (Wildman–Crippen LogP) is 4.98. The number of nitrogens with zero attached hydrogens (tertiary/aromatic N) is 3. The molecule has 0 saturated heterocycles. The van der Waals surface area contributed by atoms with Crippen LogP contribution in [0, 0.1) is 13.8 Å². The molecule has 0 aliphatic heterocycles. The molecule has 0 radical (unpaired) electrons. The van der Waals surface area contributed by atoms with E-state index in [0.29, 0.717) is 5.82 Å². The first kappa shape index (κ1) is 14.5. The minimum atomic E-state index is 0.652. The van der Waals surface area contributed by atoms with Gasteiger partial charge in [-0.05, 0) is 49.2 Å². The second-order valence-corrected chi connectivity index (χ2v) is 5.96. The van der Waals surface area contributed by atoms with E-state index in [1.165, 1.54) is 11.1 Å². The van der Waals surface area contributed by atoms with E-state index in [2.05, 4.69) is 42.0 Å². The van der Waals surface area contributed by atoms with Crippen molar-refractivity contribution in [2.45, 2.75) is 13.8 Å². The van der Waals surface area contributed by atoms with Crippen LogP contribution in [-0.2, 0) is 0 Å². The van der Waals surface area contributed by atoms with Crippen LogP contribution in [0.3, 0.4) is 0 Å². The molecule has 2 aromatic carbocycles. The zero-order valence-corrected chi connectivity index (χ0v) is 13.7. The SMILES string of the molecule is Cc1ccc(-c2cccc(-c3ncc4ccccc4n3)n2)cc1C. The second kappa shape index (κ2) is 5.85. The standard InChI is InChI=1S/C21H17N3/c1-14-10-11-16(12-15(14)2)18-8-5-9-20(23-18)21-22-13-17-6-3-4-7-19(17)24-21/h3-13H,1-2H3. The molecule has 116 valence electrons. The molecule has 0 amide bonds. The van der Waals surface area contributed by atoms with E-state index in [1.807, 2.05) is 48.7 Å². The molecule has 0 N–H and O–H groups in total. The topological polar surface area (TPSA) is 38.7 Å². The first-order valence-corrected chi connectivity index (χ1v) is 7.97. The Morgan fingerprint density at radius 1 is 0.708 bits per heavy atom. The first-order chi connectivity index (χ1) is 11.7. The molecule has 2 aromatic heterocycles. The van der Waals surface area contributed by atoms with Crippen molar-refractivity contribution < 1.29 is 0 Å². The van der Waals surface area contributed by atoms with Gasteiger partial charge < -0.3 is 0 Å². The van der Waals surface area contributed by atoms with Crippen molar-refractivity contribution in [2.24, 2.45) is 0 Å². The van der Waals surface area contributed by atoms with E-state index in [1.54, 1.807) is 0 Å². The van der Waals surface area contributed by atoms with Gasteiger partial charge in [-0.3, -0.25) is 0 Å². The summed E-state index contributed by atoms with van der Waals surface area (Å²) in [5, 5.41) is 1.03. The first-order valence-electron chi connectivity index (χ1n) is 7.97. The molecule has 0 atom stereocenters. The molecule has 3 nitrogen and oxygen atoms in total. The maximum atomic E-state index is 4.77. The lowest BCUT2D eigenvalue weighted by molar-refractivity contribution is 1.18. The van der Waals surface area contributed by atoms with Crippen LogP contribution in [-0.4, -0.2) is 15.0 Å². The zero-order valence-electron chi connectivity index (χ0n) is 13.7. The third-order valence-electron chi connectivity index (χ3n) is 4.27. The van der Waals surface area contributed by atoms with Gasteiger partial charge in [-0.1, -0.05) is 36.4 Å². The highest BCUT2D eigenvalue weighted by Crippen LogP contribution is 2.23. The van der Waals surface area contributed by atoms with Gasteiger partial charge in [-0.25, -0.2) is 15.0 Å². The van der Waals surface area contributed by atoms with E-state index in [0.717, 1.165) is 27.9 Å². The number of benzene rings is 2. The van der Waals surface area contributed by atoms with Gasteiger partial charge in [0.2, 0.25) is 0 Å². The Kier molecular flexibility index (Phi) is 3.54. The quantitative estimate of drug-likeness (QED) is 0.524. The Morgan fingerprint density at radius 3 is 2.42 bits per heavy atom. The number of para-hydroxylation sites is 1. The molecule has 0 aliphatic rings. The summed E-state index contributed by atoms with van der Waals surface area (Å²) in [5.41, 5.74) is 6.32. The maximum Gasteiger partial charge on any atom is 0.178 e.